The minimum absolute atomic E-state index is 0.154. The zero-order chi connectivity index (χ0) is 13.8. The average Bonchev–Trinajstić information content (AvgIpc) is 2.38. The Bertz CT molecular complexity index is 506. The summed E-state index contributed by atoms with van der Waals surface area (Å²) in [7, 11) is 0. The van der Waals surface area contributed by atoms with E-state index in [1.165, 1.54) is 0 Å². The van der Waals surface area contributed by atoms with Gasteiger partial charge in [-0.25, -0.2) is 0 Å². The van der Waals surface area contributed by atoms with Gasteiger partial charge < -0.3 is 10.4 Å². The molecule has 2 N–H and O–H groups in total. The fourth-order valence-electron chi connectivity index (χ4n) is 2.14. The first kappa shape index (κ1) is 13.9. The van der Waals surface area contributed by atoms with Crippen molar-refractivity contribution in [2.45, 2.75) is 25.9 Å². The minimum Gasteiger partial charge on any atom is -0.508 e. The number of phenolic OH excluding ortho intramolecular Hbond substituents is 1. The van der Waals surface area contributed by atoms with E-state index < -0.39 is 0 Å². The lowest BCUT2D eigenvalue weighted by atomic mass is 10.0. The molecule has 2 aromatic carbocycles. The number of benzene rings is 2. The number of aromatic hydroxyl groups is 1. The maximum atomic E-state index is 9.50. The summed E-state index contributed by atoms with van der Waals surface area (Å²) in [5.41, 5.74) is 2.22. The van der Waals surface area contributed by atoms with Crippen molar-refractivity contribution in [3.05, 3.63) is 64.7 Å². The molecule has 2 nitrogen and oxygen atoms in total. The Balaban J connectivity index is 2.08. The van der Waals surface area contributed by atoms with Crippen LogP contribution in [-0.4, -0.2) is 5.11 Å². The number of hydrogen-bond donors (Lipinski definition) is 2. The second-order valence-electron chi connectivity index (χ2n) is 4.76. The summed E-state index contributed by atoms with van der Waals surface area (Å²) in [5, 5.41) is 13.7. The Morgan fingerprint density at radius 2 is 1.53 bits per heavy atom. The molecule has 1 unspecified atom stereocenters. The molecule has 0 radical (unpaired) electrons. The summed E-state index contributed by atoms with van der Waals surface area (Å²) >= 11 is 6.00. The molecule has 0 heterocycles. The van der Waals surface area contributed by atoms with Gasteiger partial charge in [-0.1, -0.05) is 35.9 Å². The summed E-state index contributed by atoms with van der Waals surface area (Å²) in [6.45, 7) is 4.18. The quantitative estimate of drug-likeness (QED) is 0.864. The first-order valence-electron chi connectivity index (χ1n) is 6.36. The van der Waals surface area contributed by atoms with Gasteiger partial charge in [0.2, 0.25) is 0 Å². The standard InChI is InChI=1S/C16H18ClNO/c1-11(13-5-3-7-15(17)9-13)18-12(2)14-6-4-8-16(19)10-14/h3-12,18-19H,1-2H3/t11-,12?/m0/s1. The highest BCUT2D eigenvalue weighted by molar-refractivity contribution is 6.30. The third kappa shape index (κ3) is 3.72. The molecule has 0 spiro atoms. The highest BCUT2D eigenvalue weighted by Crippen LogP contribution is 2.23. The van der Waals surface area contributed by atoms with Crippen molar-refractivity contribution in [2.75, 3.05) is 0 Å². The van der Waals surface area contributed by atoms with E-state index in [2.05, 4.69) is 25.2 Å². The molecule has 3 heteroatoms. The van der Waals surface area contributed by atoms with Crippen LogP contribution in [0.3, 0.4) is 0 Å². The van der Waals surface area contributed by atoms with Crippen molar-refractivity contribution in [3.63, 3.8) is 0 Å². The maximum absolute atomic E-state index is 9.50. The van der Waals surface area contributed by atoms with Gasteiger partial charge in [0.05, 0.1) is 0 Å². The largest absolute Gasteiger partial charge is 0.508 e. The van der Waals surface area contributed by atoms with Crippen LogP contribution in [0.1, 0.15) is 37.1 Å². The molecule has 0 bridgehead atoms. The van der Waals surface area contributed by atoms with Gasteiger partial charge in [-0.05, 0) is 49.2 Å². The van der Waals surface area contributed by atoms with E-state index in [0.717, 1.165) is 16.1 Å². The summed E-state index contributed by atoms with van der Waals surface area (Å²) < 4.78 is 0. The van der Waals surface area contributed by atoms with Gasteiger partial charge in [0.15, 0.2) is 0 Å². The SMILES string of the molecule is CC(N[C@@H](C)c1cccc(Cl)c1)c1cccc(O)c1. The summed E-state index contributed by atoms with van der Waals surface area (Å²) in [6, 6.07) is 15.5. The smallest absolute Gasteiger partial charge is 0.115 e. The first-order valence-corrected chi connectivity index (χ1v) is 6.74. The van der Waals surface area contributed by atoms with Crippen LogP contribution in [0.15, 0.2) is 48.5 Å². The lowest BCUT2D eigenvalue weighted by molar-refractivity contribution is 0.466. The molecule has 19 heavy (non-hydrogen) atoms. The van der Waals surface area contributed by atoms with Crippen LogP contribution < -0.4 is 5.32 Å². The van der Waals surface area contributed by atoms with E-state index >= 15 is 0 Å². The van der Waals surface area contributed by atoms with Crippen LogP contribution in [-0.2, 0) is 0 Å². The predicted octanol–water partition coefficient (Wildman–Crippen LogP) is 4.46. The van der Waals surface area contributed by atoms with Gasteiger partial charge in [0.1, 0.15) is 5.75 Å². The molecule has 0 saturated heterocycles. The lowest BCUT2D eigenvalue weighted by Crippen LogP contribution is -2.22. The van der Waals surface area contributed by atoms with Crippen LogP contribution in [0.5, 0.6) is 5.75 Å². The molecule has 0 aliphatic heterocycles. The van der Waals surface area contributed by atoms with E-state index in [1.54, 1.807) is 12.1 Å². The number of nitrogens with one attached hydrogen (secondary N) is 1. The van der Waals surface area contributed by atoms with Crippen LogP contribution in [0.2, 0.25) is 5.02 Å². The zero-order valence-electron chi connectivity index (χ0n) is 11.1. The monoisotopic (exact) mass is 275 g/mol. The Labute approximate surface area is 119 Å². The third-order valence-corrected chi connectivity index (χ3v) is 3.45. The second kappa shape index (κ2) is 6.09. The summed E-state index contributed by atoms with van der Waals surface area (Å²) in [5.74, 6) is 0.293. The van der Waals surface area contributed by atoms with Gasteiger partial charge in [-0.2, -0.15) is 0 Å². The Kier molecular flexibility index (Phi) is 4.46. The molecule has 100 valence electrons. The zero-order valence-corrected chi connectivity index (χ0v) is 11.9. The Hall–Kier alpha value is -1.51. The van der Waals surface area contributed by atoms with Gasteiger partial charge in [-0.15, -0.1) is 0 Å². The molecule has 0 aliphatic rings. The van der Waals surface area contributed by atoms with E-state index in [4.69, 9.17) is 11.6 Å². The van der Waals surface area contributed by atoms with E-state index in [-0.39, 0.29) is 12.1 Å². The van der Waals surface area contributed by atoms with Crippen molar-refractivity contribution < 1.29 is 5.11 Å². The van der Waals surface area contributed by atoms with Gasteiger partial charge in [-0.3, -0.25) is 0 Å². The molecular formula is C16H18ClNO. The average molecular weight is 276 g/mol. The number of hydrogen-bond acceptors (Lipinski definition) is 2. The van der Waals surface area contributed by atoms with Gasteiger partial charge in [0, 0.05) is 17.1 Å². The minimum atomic E-state index is 0.154. The Morgan fingerprint density at radius 3 is 2.11 bits per heavy atom. The molecular weight excluding hydrogens is 258 g/mol. The summed E-state index contributed by atoms with van der Waals surface area (Å²) in [4.78, 5) is 0. The normalized spacial score (nSPS) is 14.1. The predicted molar refractivity (Wildman–Crippen MR) is 79.5 cm³/mol. The molecule has 2 aromatic rings. The van der Waals surface area contributed by atoms with E-state index in [9.17, 15) is 5.11 Å². The van der Waals surface area contributed by atoms with Crippen molar-refractivity contribution >= 4 is 11.6 Å². The molecule has 2 rings (SSSR count). The fourth-order valence-corrected chi connectivity index (χ4v) is 2.34. The van der Waals surface area contributed by atoms with Crippen LogP contribution in [0.4, 0.5) is 0 Å². The van der Waals surface area contributed by atoms with Crippen LogP contribution >= 0.6 is 11.6 Å². The van der Waals surface area contributed by atoms with E-state index in [1.807, 2.05) is 30.3 Å². The molecule has 2 atom stereocenters. The van der Waals surface area contributed by atoms with Crippen molar-refractivity contribution in [3.8, 4) is 5.75 Å². The van der Waals surface area contributed by atoms with Crippen LogP contribution in [0, 0.1) is 0 Å². The Morgan fingerprint density at radius 1 is 0.947 bits per heavy atom. The molecule has 0 saturated carbocycles. The van der Waals surface area contributed by atoms with Crippen molar-refractivity contribution in [1.82, 2.24) is 5.32 Å². The van der Waals surface area contributed by atoms with E-state index in [0.29, 0.717) is 5.75 Å². The topological polar surface area (TPSA) is 32.3 Å². The second-order valence-corrected chi connectivity index (χ2v) is 5.20. The van der Waals surface area contributed by atoms with Crippen molar-refractivity contribution in [2.24, 2.45) is 0 Å². The molecule has 0 amide bonds. The number of halogens is 1. The highest BCUT2D eigenvalue weighted by Gasteiger charge is 2.11. The third-order valence-electron chi connectivity index (χ3n) is 3.22. The first-order chi connectivity index (χ1) is 9.06. The number of rotatable bonds is 4. The molecule has 0 aliphatic carbocycles. The molecule has 0 fully saturated rings. The molecule has 0 aromatic heterocycles. The highest BCUT2D eigenvalue weighted by atomic mass is 35.5. The van der Waals surface area contributed by atoms with Crippen LogP contribution in [0.25, 0.3) is 0 Å². The summed E-state index contributed by atoms with van der Waals surface area (Å²) in [6.07, 6.45) is 0. The number of phenols is 1. The fraction of sp³-hybridized carbons (Fsp3) is 0.250. The van der Waals surface area contributed by atoms with Gasteiger partial charge >= 0.3 is 0 Å². The van der Waals surface area contributed by atoms with Gasteiger partial charge in [0.25, 0.3) is 0 Å². The van der Waals surface area contributed by atoms with Crippen molar-refractivity contribution in [1.29, 1.82) is 0 Å². The lowest BCUT2D eigenvalue weighted by Gasteiger charge is -2.21. The maximum Gasteiger partial charge on any atom is 0.115 e.